The van der Waals surface area contributed by atoms with E-state index in [0.29, 0.717) is 0 Å². The Balaban J connectivity index is 2.34. The first-order valence-electron chi connectivity index (χ1n) is 2.47. The van der Waals surface area contributed by atoms with Gasteiger partial charge in [0.15, 0.2) is 0 Å². The van der Waals surface area contributed by atoms with E-state index in [1.807, 2.05) is 0 Å². The van der Waals surface area contributed by atoms with E-state index >= 15 is 0 Å². The number of hydrogen-bond acceptors (Lipinski definition) is 0. The molecule has 0 atom stereocenters. The topological polar surface area (TPSA) is 0 Å². The lowest BCUT2D eigenvalue weighted by atomic mass is 9.96. The molecule has 0 N–H and O–H groups in total. The van der Waals surface area contributed by atoms with Gasteiger partial charge in [-0.1, -0.05) is 19.8 Å². The van der Waals surface area contributed by atoms with Crippen LogP contribution in [0.1, 0.15) is 19.8 Å². The van der Waals surface area contributed by atoms with Gasteiger partial charge in [0.1, 0.15) is 0 Å². The van der Waals surface area contributed by atoms with Crippen LogP contribution in [0.4, 0.5) is 4.32 Å². The number of halogens is 1. The summed E-state index contributed by atoms with van der Waals surface area (Å²) in [6.45, 7) is 2.07. The second-order valence-corrected chi connectivity index (χ2v) is 1.40. The zero-order chi connectivity index (χ0) is 4.83. The fourth-order valence-corrected chi connectivity index (χ4v) is 0.344. The SMILES string of the molecule is CCCCBF. The largest absolute Gasteiger partial charge is 0.341 e. The Bertz CT molecular complexity index is 19.5. The van der Waals surface area contributed by atoms with Crippen LogP contribution in [0.15, 0.2) is 0 Å². The number of hydrogen-bond donors (Lipinski definition) is 0. The van der Waals surface area contributed by atoms with Crippen molar-refractivity contribution in [3.63, 3.8) is 0 Å². The molecule has 0 saturated heterocycles. The quantitative estimate of drug-likeness (QED) is 0.362. The molecule has 2 heteroatoms. The highest BCUT2D eigenvalue weighted by Crippen LogP contribution is 1.91. The Morgan fingerprint density at radius 1 is 1.67 bits per heavy atom. The molecule has 0 radical (unpaired) electrons. The van der Waals surface area contributed by atoms with Crippen LogP contribution in [0.5, 0.6) is 0 Å². The van der Waals surface area contributed by atoms with Gasteiger partial charge in [-0.3, -0.25) is 0 Å². The molecular weight excluding hydrogens is 77.9 g/mol. The molecule has 0 bridgehead atoms. The lowest BCUT2D eigenvalue weighted by molar-refractivity contribution is 0.808. The van der Waals surface area contributed by atoms with E-state index in [0.717, 1.165) is 19.2 Å². The van der Waals surface area contributed by atoms with Gasteiger partial charge in [0, 0.05) is 0 Å². The molecule has 0 aromatic rings. The molecule has 0 spiro atoms. The first kappa shape index (κ1) is 5.99. The lowest BCUT2D eigenvalue weighted by Crippen LogP contribution is -1.75. The summed E-state index contributed by atoms with van der Waals surface area (Å²) in [6, 6.07) is 0. The van der Waals surface area contributed by atoms with E-state index < -0.39 is 0 Å². The summed E-state index contributed by atoms with van der Waals surface area (Å²) in [5, 5.41) is 0. The van der Waals surface area contributed by atoms with Crippen LogP contribution in [-0.4, -0.2) is 7.56 Å². The van der Waals surface area contributed by atoms with Gasteiger partial charge in [0.2, 0.25) is 0 Å². The zero-order valence-corrected chi connectivity index (χ0v) is 4.21. The highest BCUT2D eigenvalue weighted by molar-refractivity contribution is 6.25. The summed E-state index contributed by atoms with van der Waals surface area (Å²) >= 11 is 0. The summed E-state index contributed by atoms with van der Waals surface area (Å²) in [4.78, 5) is 0. The minimum atomic E-state index is -0.145. The second-order valence-electron chi connectivity index (χ2n) is 1.40. The van der Waals surface area contributed by atoms with Crippen molar-refractivity contribution in [2.75, 3.05) is 0 Å². The molecule has 0 aromatic heterocycles. The van der Waals surface area contributed by atoms with Crippen LogP contribution in [0.2, 0.25) is 6.32 Å². The third-order valence-corrected chi connectivity index (χ3v) is 0.737. The van der Waals surface area contributed by atoms with E-state index in [-0.39, 0.29) is 7.56 Å². The van der Waals surface area contributed by atoms with E-state index in [9.17, 15) is 4.32 Å². The Morgan fingerprint density at radius 2 is 2.33 bits per heavy atom. The first-order chi connectivity index (χ1) is 2.91. The average Bonchev–Trinajstić information content (AvgIpc) is 1.61. The van der Waals surface area contributed by atoms with Gasteiger partial charge in [-0.25, -0.2) is 0 Å². The van der Waals surface area contributed by atoms with Crippen molar-refractivity contribution in [3.8, 4) is 0 Å². The lowest BCUT2D eigenvalue weighted by Gasteiger charge is -1.82. The Labute approximate surface area is 39.0 Å². The van der Waals surface area contributed by atoms with E-state index in [4.69, 9.17) is 0 Å². The smallest absolute Gasteiger partial charge is 0.331 e. The van der Waals surface area contributed by atoms with Crippen molar-refractivity contribution in [1.29, 1.82) is 0 Å². The molecule has 0 aliphatic heterocycles. The zero-order valence-electron chi connectivity index (χ0n) is 4.21. The van der Waals surface area contributed by atoms with Gasteiger partial charge < -0.3 is 4.32 Å². The Hall–Kier alpha value is -0.00506. The monoisotopic (exact) mass is 88.1 g/mol. The predicted octanol–water partition coefficient (Wildman–Crippen LogP) is 1.53. The molecule has 0 aliphatic rings. The molecule has 6 heavy (non-hydrogen) atoms. The van der Waals surface area contributed by atoms with E-state index in [1.165, 1.54) is 0 Å². The predicted molar refractivity (Wildman–Crippen MR) is 28.0 cm³/mol. The third-order valence-electron chi connectivity index (χ3n) is 0.737. The van der Waals surface area contributed by atoms with Crippen LogP contribution < -0.4 is 0 Å². The van der Waals surface area contributed by atoms with E-state index in [1.54, 1.807) is 0 Å². The van der Waals surface area contributed by atoms with Crippen LogP contribution in [-0.2, 0) is 0 Å². The normalized spacial score (nSPS) is 8.33. The van der Waals surface area contributed by atoms with Gasteiger partial charge in [-0.2, -0.15) is 0 Å². The van der Waals surface area contributed by atoms with Gasteiger partial charge in [0.25, 0.3) is 0 Å². The molecule has 0 aromatic carbocycles. The molecule has 0 fully saturated rings. The average molecular weight is 87.9 g/mol. The van der Waals surface area contributed by atoms with Gasteiger partial charge >= 0.3 is 7.56 Å². The number of rotatable bonds is 3. The summed E-state index contributed by atoms with van der Waals surface area (Å²) in [7, 11) is -0.145. The number of unbranched alkanes of at least 4 members (excludes halogenated alkanes) is 1. The molecule has 0 saturated carbocycles. The maximum atomic E-state index is 11.2. The summed E-state index contributed by atoms with van der Waals surface area (Å²) < 4.78 is 11.2. The Morgan fingerprint density at radius 3 is 2.50 bits per heavy atom. The van der Waals surface area contributed by atoms with Gasteiger partial charge in [0.05, 0.1) is 0 Å². The molecule has 0 aliphatic carbocycles. The highest BCUT2D eigenvalue weighted by Gasteiger charge is 1.82. The standard InChI is InChI=1S/C4H10BF/c1-2-3-4-5-6/h5H,2-4H2,1H3. The fourth-order valence-electron chi connectivity index (χ4n) is 0.344. The minimum Gasteiger partial charge on any atom is -0.341 e. The molecule has 0 amide bonds. The summed E-state index contributed by atoms with van der Waals surface area (Å²) in [6.07, 6.45) is 2.90. The van der Waals surface area contributed by atoms with Crippen LogP contribution in [0.25, 0.3) is 0 Å². The van der Waals surface area contributed by atoms with Crippen molar-refractivity contribution in [3.05, 3.63) is 0 Å². The Kier molecular flexibility index (Phi) is 4.99. The molecule has 0 nitrogen and oxygen atoms in total. The molecule has 0 unspecified atom stereocenters. The second kappa shape index (κ2) is 4.99. The third kappa shape index (κ3) is 3.99. The van der Waals surface area contributed by atoms with Crippen molar-refractivity contribution in [2.45, 2.75) is 26.1 Å². The van der Waals surface area contributed by atoms with Gasteiger partial charge in [-0.15, -0.1) is 0 Å². The van der Waals surface area contributed by atoms with Crippen molar-refractivity contribution in [2.24, 2.45) is 0 Å². The minimum absolute atomic E-state index is 0.145. The van der Waals surface area contributed by atoms with Crippen molar-refractivity contribution < 1.29 is 4.32 Å². The molecular formula is C4H10BF. The maximum absolute atomic E-state index is 11.2. The molecule has 0 heterocycles. The maximum Gasteiger partial charge on any atom is 0.331 e. The first-order valence-corrected chi connectivity index (χ1v) is 2.47. The van der Waals surface area contributed by atoms with E-state index in [2.05, 4.69) is 6.92 Å². The van der Waals surface area contributed by atoms with Crippen LogP contribution in [0.3, 0.4) is 0 Å². The summed E-state index contributed by atoms with van der Waals surface area (Å²) in [5.74, 6) is 0. The summed E-state index contributed by atoms with van der Waals surface area (Å²) in [5.41, 5.74) is 0. The molecule has 0 rings (SSSR count). The molecule has 36 valence electrons. The van der Waals surface area contributed by atoms with Crippen LogP contribution >= 0.6 is 0 Å². The van der Waals surface area contributed by atoms with Crippen LogP contribution in [0, 0.1) is 0 Å². The van der Waals surface area contributed by atoms with Gasteiger partial charge in [-0.05, 0) is 6.32 Å². The highest BCUT2D eigenvalue weighted by atomic mass is 19.1. The fraction of sp³-hybridized carbons (Fsp3) is 1.00. The van der Waals surface area contributed by atoms with Crippen molar-refractivity contribution in [1.82, 2.24) is 0 Å². The van der Waals surface area contributed by atoms with Crippen molar-refractivity contribution >= 4 is 7.56 Å².